The molecule has 4 nitrogen and oxygen atoms in total. The van der Waals surface area contributed by atoms with Gasteiger partial charge in [0, 0.05) is 7.05 Å². The van der Waals surface area contributed by atoms with Gasteiger partial charge < -0.3 is 5.32 Å². The second-order valence-corrected chi connectivity index (χ2v) is 4.76. The Morgan fingerprint density at radius 1 is 1.43 bits per heavy atom. The van der Waals surface area contributed by atoms with Crippen molar-refractivity contribution in [2.24, 2.45) is 17.8 Å². The molecular weight excluding hydrogens is 180 g/mol. The van der Waals surface area contributed by atoms with Gasteiger partial charge in [-0.1, -0.05) is 0 Å². The first-order valence-corrected chi connectivity index (χ1v) is 5.41. The van der Waals surface area contributed by atoms with Crippen molar-refractivity contribution in [2.45, 2.75) is 18.9 Å². The summed E-state index contributed by atoms with van der Waals surface area (Å²) in [5, 5.41) is 4.85. The van der Waals surface area contributed by atoms with E-state index < -0.39 is 0 Å². The maximum absolute atomic E-state index is 11.8. The third kappa shape index (κ3) is 1.10. The highest BCUT2D eigenvalue weighted by Gasteiger charge is 2.50. The van der Waals surface area contributed by atoms with Crippen LogP contribution in [0.2, 0.25) is 0 Å². The van der Waals surface area contributed by atoms with E-state index in [1.807, 2.05) is 0 Å². The van der Waals surface area contributed by atoms with E-state index in [1.54, 1.807) is 7.05 Å². The molecule has 3 aliphatic rings. The fraction of sp³-hybridized carbons (Fsp3) is 0.900. The van der Waals surface area contributed by atoms with E-state index >= 15 is 0 Å². The highest BCUT2D eigenvalue weighted by molar-refractivity contribution is 5.80. The van der Waals surface area contributed by atoms with Crippen molar-refractivity contribution in [3.05, 3.63) is 0 Å². The van der Waals surface area contributed by atoms with Crippen LogP contribution in [0.5, 0.6) is 0 Å². The van der Waals surface area contributed by atoms with Gasteiger partial charge in [-0.3, -0.25) is 9.63 Å². The van der Waals surface area contributed by atoms with E-state index in [0.717, 1.165) is 19.5 Å². The summed E-state index contributed by atoms with van der Waals surface area (Å²) < 4.78 is 0. The van der Waals surface area contributed by atoms with Crippen LogP contribution in [0, 0.1) is 17.8 Å². The van der Waals surface area contributed by atoms with Crippen LogP contribution in [0.1, 0.15) is 12.8 Å². The summed E-state index contributed by atoms with van der Waals surface area (Å²) in [5.41, 5.74) is 0. The number of piperidine rings is 1. The zero-order valence-electron chi connectivity index (χ0n) is 8.40. The quantitative estimate of drug-likeness (QED) is 0.593. The van der Waals surface area contributed by atoms with Crippen LogP contribution in [0.4, 0.5) is 0 Å². The Kier molecular flexibility index (Phi) is 1.82. The SMILES string of the molecule is CN1O[C@H]2C[C@@H]3CNC[C@@H](C3)[C@H]2C1=O. The fourth-order valence-corrected chi connectivity index (χ4v) is 3.23. The summed E-state index contributed by atoms with van der Waals surface area (Å²) >= 11 is 0. The van der Waals surface area contributed by atoms with Crippen molar-refractivity contribution in [1.29, 1.82) is 0 Å². The Hall–Kier alpha value is -0.610. The second kappa shape index (κ2) is 2.94. The molecule has 0 aromatic heterocycles. The number of hydrogen-bond donors (Lipinski definition) is 1. The van der Waals surface area contributed by atoms with E-state index in [2.05, 4.69) is 5.32 Å². The first-order valence-electron chi connectivity index (χ1n) is 5.41. The normalized spacial score (nSPS) is 46.6. The van der Waals surface area contributed by atoms with Crippen LogP contribution in [0.15, 0.2) is 0 Å². The molecule has 78 valence electrons. The lowest BCUT2D eigenvalue weighted by atomic mass is 9.70. The Balaban J connectivity index is 1.87. The van der Waals surface area contributed by atoms with Crippen molar-refractivity contribution in [2.75, 3.05) is 20.1 Å². The summed E-state index contributed by atoms with van der Waals surface area (Å²) in [6.07, 6.45) is 2.42. The number of carbonyl (C=O) groups is 1. The maximum Gasteiger partial charge on any atom is 0.252 e. The minimum Gasteiger partial charge on any atom is -0.316 e. The van der Waals surface area contributed by atoms with Gasteiger partial charge >= 0.3 is 0 Å². The third-order valence-corrected chi connectivity index (χ3v) is 3.84. The zero-order valence-corrected chi connectivity index (χ0v) is 8.40. The number of fused-ring (bicyclic) bond motifs is 4. The summed E-state index contributed by atoms with van der Waals surface area (Å²) in [6.45, 7) is 2.08. The molecule has 1 saturated carbocycles. The Morgan fingerprint density at radius 2 is 2.29 bits per heavy atom. The molecule has 4 heteroatoms. The molecule has 2 bridgehead atoms. The molecule has 14 heavy (non-hydrogen) atoms. The van der Waals surface area contributed by atoms with Crippen LogP contribution in [0.3, 0.4) is 0 Å². The highest BCUT2D eigenvalue weighted by Crippen LogP contribution is 2.41. The number of amides is 1. The minimum absolute atomic E-state index is 0.129. The first kappa shape index (κ1) is 8.68. The van der Waals surface area contributed by atoms with Gasteiger partial charge in [-0.15, -0.1) is 0 Å². The molecule has 2 aliphatic heterocycles. The van der Waals surface area contributed by atoms with Gasteiger partial charge in [0.05, 0.1) is 12.0 Å². The monoisotopic (exact) mass is 196 g/mol. The van der Waals surface area contributed by atoms with Gasteiger partial charge in [0.15, 0.2) is 0 Å². The predicted molar refractivity (Wildman–Crippen MR) is 50.2 cm³/mol. The van der Waals surface area contributed by atoms with Gasteiger partial charge in [-0.2, -0.15) is 0 Å². The van der Waals surface area contributed by atoms with Crippen molar-refractivity contribution in [1.82, 2.24) is 10.4 Å². The van der Waals surface area contributed by atoms with Crippen LogP contribution >= 0.6 is 0 Å². The molecule has 0 aromatic carbocycles. The first-order chi connectivity index (χ1) is 6.75. The molecule has 3 fully saturated rings. The average molecular weight is 196 g/mol. The molecule has 0 unspecified atom stereocenters. The molecule has 3 rings (SSSR count). The van der Waals surface area contributed by atoms with Gasteiger partial charge in [0.2, 0.25) is 0 Å². The van der Waals surface area contributed by atoms with Gasteiger partial charge in [0.25, 0.3) is 5.91 Å². The summed E-state index contributed by atoms with van der Waals surface area (Å²) in [7, 11) is 1.73. The number of rotatable bonds is 0. The van der Waals surface area contributed by atoms with Crippen molar-refractivity contribution < 1.29 is 9.63 Å². The van der Waals surface area contributed by atoms with Gasteiger partial charge in [0.1, 0.15) is 0 Å². The fourth-order valence-electron chi connectivity index (χ4n) is 3.23. The van der Waals surface area contributed by atoms with Gasteiger partial charge in [-0.05, 0) is 37.8 Å². The third-order valence-electron chi connectivity index (χ3n) is 3.84. The number of hydrogen-bond acceptors (Lipinski definition) is 3. The molecule has 0 spiro atoms. The highest BCUT2D eigenvalue weighted by atomic mass is 16.7. The number of carbonyl (C=O) groups excluding carboxylic acids is 1. The number of nitrogens with zero attached hydrogens (tertiary/aromatic N) is 1. The average Bonchev–Trinajstić information content (AvgIpc) is 2.43. The van der Waals surface area contributed by atoms with E-state index in [0.29, 0.717) is 11.8 Å². The second-order valence-electron chi connectivity index (χ2n) is 4.76. The maximum atomic E-state index is 11.8. The lowest BCUT2D eigenvalue weighted by Crippen LogP contribution is -2.48. The molecule has 0 aromatic rings. The van der Waals surface area contributed by atoms with Crippen molar-refractivity contribution in [3.8, 4) is 0 Å². The molecule has 4 atom stereocenters. The lowest BCUT2D eigenvalue weighted by molar-refractivity contribution is -0.166. The molecule has 2 heterocycles. The standard InChI is InChI=1S/C10H16N2O2/c1-12-10(13)9-7-2-6(4-11-5-7)3-8(9)14-12/h6-9,11H,2-5H2,1H3/t6-,7-,8+,9-/m1/s1. The van der Waals surface area contributed by atoms with Gasteiger partial charge in [-0.25, -0.2) is 5.06 Å². The molecule has 2 saturated heterocycles. The molecule has 1 aliphatic carbocycles. The largest absolute Gasteiger partial charge is 0.316 e. The predicted octanol–water partition coefficient (Wildman–Crippen LogP) is 0.00420. The molecule has 0 radical (unpaired) electrons. The van der Waals surface area contributed by atoms with E-state index in [9.17, 15) is 4.79 Å². The molecular formula is C10H16N2O2. The van der Waals surface area contributed by atoms with E-state index in [1.165, 1.54) is 11.5 Å². The zero-order chi connectivity index (χ0) is 9.71. The smallest absolute Gasteiger partial charge is 0.252 e. The van der Waals surface area contributed by atoms with Crippen LogP contribution < -0.4 is 5.32 Å². The Bertz CT molecular complexity index is 267. The van der Waals surface area contributed by atoms with Crippen molar-refractivity contribution >= 4 is 5.91 Å². The van der Waals surface area contributed by atoms with E-state index in [-0.39, 0.29) is 17.9 Å². The number of hydroxylamine groups is 2. The van der Waals surface area contributed by atoms with Crippen LogP contribution in [-0.4, -0.2) is 37.2 Å². The minimum atomic E-state index is 0.129. The van der Waals surface area contributed by atoms with E-state index in [4.69, 9.17) is 4.84 Å². The molecule has 1 amide bonds. The topological polar surface area (TPSA) is 41.6 Å². The summed E-state index contributed by atoms with van der Waals surface area (Å²) in [5.74, 6) is 1.53. The molecule has 1 N–H and O–H groups in total. The Morgan fingerprint density at radius 3 is 3.14 bits per heavy atom. The Labute approximate surface area is 83.5 Å². The summed E-state index contributed by atoms with van der Waals surface area (Å²) in [6, 6.07) is 0. The summed E-state index contributed by atoms with van der Waals surface area (Å²) in [4.78, 5) is 17.4. The lowest BCUT2D eigenvalue weighted by Gasteiger charge is -2.39. The van der Waals surface area contributed by atoms with Crippen LogP contribution in [0.25, 0.3) is 0 Å². The van der Waals surface area contributed by atoms with Crippen LogP contribution in [-0.2, 0) is 9.63 Å². The van der Waals surface area contributed by atoms with Crippen molar-refractivity contribution in [3.63, 3.8) is 0 Å². The number of nitrogens with one attached hydrogen (secondary N) is 1.